The molecule has 0 aromatic heterocycles. The number of guanidine groups is 1. The van der Waals surface area contributed by atoms with Gasteiger partial charge < -0.3 is 20.6 Å². The van der Waals surface area contributed by atoms with E-state index in [2.05, 4.69) is 21.7 Å². The summed E-state index contributed by atoms with van der Waals surface area (Å²) in [5, 5.41) is 17.2. The molecule has 1 heterocycles. The lowest BCUT2D eigenvalue weighted by atomic mass is 9.96. The summed E-state index contributed by atoms with van der Waals surface area (Å²) >= 11 is 0. The van der Waals surface area contributed by atoms with Crippen molar-refractivity contribution in [2.24, 2.45) is 4.99 Å². The zero-order valence-electron chi connectivity index (χ0n) is 17.9. The van der Waals surface area contributed by atoms with Gasteiger partial charge in [-0.3, -0.25) is 4.79 Å². The molecule has 6 heteroatoms. The molecule has 6 nitrogen and oxygen atoms in total. The number of hydrogen-bond donors (Lipinski definition) is 3. The van der Waals surface area contributed by atoms with Crippen molar-refractivity contribution in [2.75, 3.05) is 31.1 Å². The highest BCUT2D eigenvalue weighted by Gasteiger charge is 2.24. The highest BCUT2D eigenvalue weighted by molar-refractivity contribution is 5.95. The quantitative estimate of drug-likeness (QED) is 0.357. The molecule has 30 heavy (non-hydrogen) atoms. The van der Waals surface area contributed by atoms with Crippen molar-refractivity contribution in [1.29, 1.82) is 0 Å². The van der Waals surface area contributed by atoms with E-state index < -0.39 is 5.60 Å². The molecule has 3 N–H and O–H groups in total. The van der Waals surface area contributed by atoms with E-state index in [4.69, 9.17) is 0 Å². The molecule has 1 aliphatic rings. The first-order chi connectivity index (χ1) is 14.5. The van der Waals surface area contributed by atoms with Crippen molar-refractivity contribution in [2.45, 2.75) is 38.7 Å². The van der Waals surface area contributed by atoms with Crippen LogP contribution in [0.5, 0.6) is 0 Å². The molecule has 0 aliphatic carbocycles. The van der Waals surface area contributed by atoms with Gasteiger partial charge in [-0.05, 0) is 43.9 Å². The fraction of sp³-hybridized carbons (Fsp3) is 0.417. The predicted octanol–water partition coefficient (Wildman–Crippen LogP) is 2.82. The molecule has 0 fully saturated rings. The monoisotopic (exact) mass is 408 g/mol. The lowest BCUT2D eigenvalue weighted by Gasteiger charge is -2.22. The summed E-state index contributed by atoms with van der Waals surface area (Å²) in [5.41, 5.74) is 2.09. The molecule has 0 spiro atoms. The van der Waals surface area contributed by atoms with Crippen molar-refractivity contribution < 1.29 is 9.90 Å². The Morgan fingerprint density at radius 2 is 1.87 bits per heavy atom. The third kappa shape index (κ3) is 5.60. The molecule has 1 amide bonds. The van der Waals surface area contributed by atoms with E-state index in [0.29, 0.717) is 18.9 Å². The minimum atomic E-state index is -1.04. The van der Waals surface area contributed by atoms with E-state index >= 15 is 0 Å². The SMILES string of the molecule is CCNC(=NCC(C)(O)c1ccccc1)NCCCC(=O)N1CCc2ccccc21. The normalized spacial score (nSPS) is 15.4. The fourth-order valence-corrected chi connectivity index (χ4v) is 3.64. The molecule has 1 atom stereocenters. The van der Waals surface area contributed by atoms with Crippen molar-refractivity contribution in [1.82, 2.24) is 10.6 Å². The van der Waals surface area contributed by atoms with Crippen LogP contribution >= 0.6 is 0 Å². The Bertz CT molecular complexity index is 865. The molecule has 1 aliphatic heterocycles. The van der Waals surface area contributed by atoms with Gasteiger partial charge in [0.25, 0.3) is 0 Å². The zero-order valence-corrected chi connectivity index (χ0v) is 17.9. The number of hydrogen-bond acceptors (Lipinski definition) is 3. The van der Waals surface area contributed by atoms with Crippen LogP contribution in [0.15, 0.2) is 59.6 Å². The third-order valence-corrected chi connectivity index (χ3v) is 5.33. The average Bonchev–Trinajstić information content (AvgIpc) is 3.20. The number of carbonyl (C=O) groups is 1. The Morgan fingerprint density at radius 3 is 2.63 bits per heavy atom. The van der Waals surface area contributed by atoms with E-state index in [-0.39, 0.29) is 12.5 Å². The molecule has 1 unspecified atom stereocenters. The van der Waals surface area contributed by atoms with E-state index in [1.165, 1.54) is 5.56 Å². The Hall–Kier alpha value is -2.86. The number of aliphatic imine (C=N–C) groups is 1. The Morgan fingerprint density at radius 1 is 1.13 bits per heavy atom. The van der Waals surface area contributed by atoms with Crippen LogP contribution in [0.2, 0.25) is 0 Å². The predicted molar refractivity (Wildman–Crippen MR) is 122 cm³/mol. The smallest absolute Gasteiger partial charge is 0.227 e. The third-order valence-electron chi connectivity index (χ3n) is 5.33. The van der Waals surface area contributed by atoms with E-state index in [9.17, 15) is 9.90 Å². The number of para-hydroxylation sites is 1. The van der Waals surface area contributed by atoms with Gasteiger partial charge in [-0.2, -0.15) is 0 Å². The molecule has 0 saturated heterocycles. The molecule has 2 aromatic rings. The van der Waals surface area contributed by atoms with Crippen LogP contribution in [-0.2, 0) is 16.8 Å². The summed E-state index contributed by atoms with van der Waals surface area (Å²) in [7, 11) is 0. The van der Waals surface area contributed by atoms with Gasteiger partial charge in [0.2, 0.25) is 5.91 Å². The van der Waals surface area contributed by atoms with E-state index in [1.54, 1.807) is 6.92 Å². The van der Waals surface area contributed by atoms with Gasteiger partial charge in [0, 0.05) is 31.7 Å². The van der Waals surface area contributed by atoms with Crippen LogP contribution in [0.4, 0.5) is 5.69 Å². The van der Waals surface area contributed by atoms with Crippen molar-refractivity contribution >= 4 is 17.6 Å². The Balaban J connectivity index is 1.48. The molecule has 160 valence electrons. The van der Waals surface area contributed by atoms with Crippen LogP contribution in [0, 0.1) is 0 Å². The average molecular weight is 409 g/mol. The standard InChI is InChI=1S/C24H32N4O2/c1-3-25-23(27-18-24(2,30)20-11-5-4-6-12-20)26-16-9-14-22(29)28-17-15-19-10-7-8-13-21(19)28/h4-8,10-13,30H,3,9,14-18H2,1-2H3,(H2,25,26,27). The summed E-state index contributed by atoms with van der Waals surface area (Å²) in [6.45, 7) is 6.15. The van der Waals surface area contributed by atoms with Gasteiger partial charge in [-0.25, -0.2) is 4.99 Å². The number of nitrogens with zero attached hydrogens (tertiary/aromatic N) is 2. The summed E-state index contributed by atoms with van der Waals surface area (Å²) in [4.78, 5) is 19.0. The first-order valence-electron chi connectivity index (χ1n) is 10.7. The molecule has 3 rings (SSSR count). The van der Waals surface area contributed by atoms with Crippen LogP contribution in [0.3, 0.4) is 0 Å². The van der Waals surface area contributed by atoms with Crippen LogP contribution in [0.25, 0.3) is 0 Å². The molecular weight excluding hydrogens is 376 g/mol. The number of fused-ring (bicyclic) bond motifs is 1. The minimum absolute atomic E-state index is 0.163. The summed E-state index contributed by atoms with van der Waals surface area (Å²) in [5.74, 6) is 0.809. The second kappa shape index (κ2) is 10.3. The maximum atomic E-state index is 12.6. The number of aliphatic hydroxyl groups is 1. The maximum absolute atomic E-state index is 12.6. The lowest BCUT2D eigenvalue weighted by molar-refractivity contribution is -0.118. The van der Waals surface area contributed by atoms with Gasteiger partial charge in [0.15, 0.2) is 5.96 Å². The van der Waals surface area contributed by atoms with Crippen molar-refractivity contribution in [3.63, 3.8) is 0 Å². The van der Waals surface area contributed by atoms with Gasteiger partial charge in [0.1, 0.15) is 5.60 Å². The number of nitrogens with one attached hydrogen (secondary N) is 2. The van der Waals surface area contributed by atoms with Gasteiger partial charge >= 0.3 is 0 Å². The maximum Gasteiger partial charge on any atom is 0.227 e. The highest BCUT2D eigenvalue weighted by Crippen LogP contribution is 2.28. The fourth-order valence-electron chi connectivity index (χ4n) is 3.64. The molecule has 0 radical (unpaired) electrons. The largest absolute Gasteiger partial charge is 0.384 e. The van der Waals surface area contributed by atoms with E-state index in [0.717, 1.165) is 37.2 Å². The van der Waals surface area contributed by atoms with E-state index in [1.807, 2.05) is 60.4 Å². The second-order valence-electron chi connectivity index (χ2n) is 7.79. The number of anilines is 1. The first-order valence-corrected chi connectivity index (χ1v) is 10.7. The number of amides is 1. The number of carbonyl (C=O) groups excluding carboxylic acids is 1. The first kappa shape index (κ1) is 21.8. The molecule has 2 aromatic carbocycles. The van der Waals surface area contributed by atoms with Gasteiger partial charge in [-0.15, -0.1) is 0 Å². The molecule has 0 saturated carbocycles. The Kier molecular flexibility index (Phi) is 7.46. The van der Waals surface area contributed by atoms with Crippen molar-refractivity contribution in [3.8, 4) is 0 Å². The number of rotatable bonds is 8. The second-order valence-corrected chi connectivity index (χ2v) is 7.79. The van der Waals surface area contributed by atoms with Gasteiger partial charge in [0.05, 0.1) is 6.54 Å². The topological polar surface area (TPSA) is 77.0 Å². The molecular formula is C24H32N4O2. The van der Waals surface area contributed by atoms with Crippen LogP contribution in [-0.4, -0.2) is 43.2 Å². The zero-order chi connectivity index (χ0) is 21.4. The minimum Gasteiger partial charge on any atom is -0.384 e. The Labute approximate surface area is 179 Å². The van der Waals surface area contributed by atoms with Crippen molar-refractivity contribution in [3.05, 3.63) is 65.7 Å². The molecule has 0 bridgehead atoms. The summed E-state index contributed by atoms with van der Waals surface area (Å²) in [6.07, 6.45) is 2.14. The lowest BCUT2D eigenvalue weighted by Crippen LogP contribution is -2.39. The highest BCUT2D eigenvalue weighted by atomic mass is 16.3. The summed E-state index contributed by atoms with van der Waals surface area (Å²) in [6, 6.07) is 17.7. The van der Waals surface area contributed by atoms with Crippen LogP contribution in [0.1, 0.15) is 37.8 Å². The summed E-state index contributed by atoms with van der Waals surface area (Å²) < 4.78 is 0. The number of benzene rings is 2. The van der Waals surface area contributed by atoms with Gasteiger partial charge in [-0.1, -0.05) is 48.5 Å². The van der Waals surface area contributed by atoms with Crippen LogP contribution < -0.4 is 15.5 Å².